The second-order valence-electron chi connectivity index (χ2n) is 10.2. The number of carbonyl (C=O) groups excluding carboxylic acids is 2. The molecule has 0 amide bonds. The molecule has 2 bridgehead atoms. The maximum Gasteiger partial charge on any atom is 0.303 e. The summed E-state index contributed by atoms with van der Waals surface area (Å²) in [5.74, 6) is -2.32. The first-order chi connectivity index (χ1) is 17.9. The van der Waals surface area contributed by atoms with Gasteiger partial charge in [-0.15, -0.1) is 0 Å². The van der Waals surface area contributed by atoms with Crippen LogP contribution in [0.1, 0.15) is 64.3 Å². The summed E-state index contributed by atoms with van der Waals surface area (Å²) in [6.07, 6.45) is -2.99. The number of aliphatic hydroxyl groups excluding tert-OH is 1. The van der Waals surface area contributed by atoms with Crippen molar-refractivity contribution < 1.29 is 38.4 Å². The Balaban J connectivity index is 1.82. The zero-order valence-electron chi connectivity index (χ0n) is 22.5. The first-order valence-electron chi connectivity index (χ1n) is 12.8. The monoisotopic (exact) mass is 546 g/mol. The van der Waals surface area contributed by atoms with Gasteiger partial charge >= 0.3 is 11.9 Å². The van der Waals surface area contributed by atoms with E-state index in [9.17, 15) is 14.7 Å². The van der Waals surface area contributed by atoms with Crippen molar-refractivity contribution in [1.82, 2.24) is 0 Å². The van der Waals surface area contributed by atoms with E-state index in [0.29, 0.717) is 34.1 Å². The van der Waals surface area contributed by atoms with Gasteiger partial charge < -0.3 is 28.8 Å². The average molecular weight is 547 g/mol. The minimum Gasteiger partial charge on any atom is -0.494 e. The van der Waals surface area contributed by atoms with Crippen molar-refractivity contribution >= 4 is 23.5 Å². The fraction of sp³-hybridized carbons (Fsp3) is 0.517. The Morgan fingerprint density at radius 1 is 1.11 bits per heavy atom. The van der Waals surface area contributed by atoms with Crippen molar-refractivity contribution in [2.45, 2.75) is 71.2 Å². The van der Waals surface area contributed by atoms with Crippen LogP contribution >= 0.6 is 11.6 Å². The summed E-state index contributed by atoms with van der Waals surface area (Å²) in [6.45, 7) is 11.2. The molecule has 2 aromatic carbocycles. The third kappa shape index (κ3) is 4.91. The van der Waals surface area contributed by atoms with Crippen molar-refractivity contribution in [3.05, 3.63) is 64.2 Å². The summed E-state index contributed by atoms with van der Waals surface area (Å²) in [7, 11) is 0. The van der Waals surface area contributed by atoms with Crippen molar-refractivity contribution in [1.29, 1.82) is 0 Å². The highest BCUT2D eigenvalue weighted by molar-refractivity contribution is 6.31. The highest BCUT2D eigenvalue weighted by atomic mass is 35.5. The number of ether oxygens (including phenoxy) is 5. The predicted molar refractivity (Wildman–Crippen MR) is 140 cm³/mol. The number of hydrogen-bond donors (Lipinski definition) is 1. The molecule has 2 fully saturated rings. The molecule has 2 aromatic rings. The molecule has 2 heterocycles. The maximum absolute atomic E-state index is 12.3. The second kappa shape index (κ2) is 10.8. The van der Waals surface area contributed by atoms with Crippen molar-refractivity contribution in [2.75, 3.05) is 13.2 Å². The standard InChI is InChI=1S/C29H35ClO8/c1-7-34-22-11-8-20(9-12-22)25(33)23-14-21(10-13-24(23)30)29-27(37-19(6)32)26(36-18(5)31)17(4)28(38-29,15-35-29)16(2)3/h8-14,16-17,25-27,33H,7,15H2,1-6H3/t17-,25?,26-,27+,28+,29-/m0/s1. The Morgan fingerprint density at radius 3 is 2.34 bits per heavy atom. The number of fused-ring (bicyclic) bond motifs is 2. The number of halogens is 1. The van der Waals surface area contributed by atoms with Crippen molar-refractivity contribution in [3.8, 4) is 5.75 Å². The van der Waals surface area contributed by atoms with Crippen LogP contribution in [0.2, 0.25) is 5.02 Å². The van der Waals surface area contributed by atoms with Gasteiger partial charge in [0.15, 0.2) is 6.10 Å². The van der Waals surface area contributed by atoms with E-state index in [1.807, 2.05) is 27.7 Å². The van der Waals surface area contributed by atoms with E-state index in [2.05, 4.69) is 0 Å². The van der Waals surface area contributed by atoms with Gasteiger partial charge in [-0.3, -0.25) is 9.59 Å². The van der Waals surface area contributed by atoms with Gasteiger partial charge in [0.2, 0.25) is 5.79 Å². The molecule has 1 N–H and O–H groups in total. The molecule has 9 heteroatoms. The molecular formula is C29H35ClO8. The highest BCUT2D eigenvalue weighted by Crippen LogP contribution is 2.56. The van der Waals surface area contributed by atoms with Crippen LogP contribution in [-0.4, -0.2) is 48.1 Å². The summed E-state index contributed by atoms with van der Waals surface area (Å²) < 4.78 is 30.2. The molecule has 2 aliphatic heterocycles. The van der Waals surface area contributed by atoms with Crippen molar-refractivity contribution in [2.24, 2.45) is 11.8 Å². The van der Waals surface area contributed by atoms with Crippen LogP contribution in [0, 0.1) is 11.8 Å². The van der Waals surface area contributed by atoms with E-state index in [1.165, 1.54) is 13.8 Å². The highest BCUT2D eigenvalue weighted by Gasteiger charge is 2.69. The lowest BCUT2D eigenvalue weighted by Gasteiger charge is -2.51. The van der Waals surface area contributed by atoms with Gasteiger partial charge in [0, 0.05) is 35.9 Å². The van der Waals surface area contributed by atoms with E-state index in [-0.39, 0.29) is 18.4 Å². The molecule has 8 nitrogen and oxygen atoms in total. The van der Waals surface area contributed by atoms with Gasteiger partial charge in [-0.05, 0) is 42.7 Å². The zero-order valence-corrected chi connectivity index (χ0v) is 23.3. The molecule has 2 aliphatic rings. The van der Waals surface area contributed by atoms with Crippen LogP contribution in [0.15, 0.2) is 42.5 Å². The molecule has 38 heavy (non-hydrogen) atoms. The largest absolute Gasteiger partial charge is 0.494 e. The summed E-state index contributed by atoms with van der Waals surface area (Å²) in [5.41, 5.74) is 0.701. The molecule has 6 atom stereocenters. The number of hydrogen-bond acceptors (Lipinski definition) is 8. The number of rotatable bonds is 8. The Bertz CT molecular complexity index is 1180. The smallest absolute Gasteiger partial charge is 0.303 e. The molecule has 2 saturated heterocycles. The molecule has 0 aliphatic carbocycles. The van der Waals surface area contributed by atoms with Gasteiger partial charge in [0.05, 0.1) is 13.2 Å². The maximum atomic E-state index is 12.3. The number of carbonyl (C=O) groups is 2. The Labute approximate surface area is 228 Å². The fourth-order valence-corrected chi connectivity index (χ4v) is 5.76. The third-order valence-corrected chi connectivity index (χ3v) is 7.91. The molecule has 1 unspecified atom stereocenters. The second-order valence-corrected chi connectivity index (χ2v) is 10.6. The minimum absolute atomic E-state index is 0.0167. The van der Waals surface area contributed by atoms with Gasteiger partial charge in [0.25, 0.3) is 0 Å². The van der Waals surface area contributed by atoms with Gasteiger partial charge in [-0.1, -0.05) is 50.6 Å². The normalized spacial score (nSPS) is 29.1. The topological polar surface area (TPSA) is 101 Å². The quantitative estimate of drug-likeness (QED) is 0.465. The lowest BCUT2D eigenvalue weighted by atomic mass is 9.72. The van der Waals surface area contributed by atoms with Crippen LogP contribution in [0.3, 0.4) is 0 Å². The lowest BCUT2D eigenvalue weighted by Crippen LogP contribution is -2.64. The van der Waals surface area contributed by atoms with Crippen LogP contribution < -0.4 is 4.74 Å². The first kappa shape index (κ1) is 28.4. The molecular weight excluding hydrogens is 512 g/mol. The van der Waals surface area contributed by atoms with Gasteiger partial charge in [-0.2, -0.15) is 0 Å². The minimum atomic E-state index is -1.58. The predicted octanol–water partition coefficient (Wildman–Crippen LogP) is 4.93. The number of aliphatic hydroxyl groups is 1. The van der Waals surface area contributed by atoms with E-state index in [1.54, 1.807) is 42.5 Å². The van der Waals surface area contributed by atoms with E-state index < -0.39 is 41.6 Å². The Kier molecular flexibility index (Phi) is 8.09. The fourth-order valence-electron chi connectivity index (χ4n) is 5.54. The van der Waals surface area contributed by atoms with Gasteiger partial charge in [-0.25, -0.2) is 0 Å². The molecule has 0 aromatic heterocycles. The van der Waals surface area contributed by atoms with Crippen LogP contribution in [0.5, 0.6) is 5.75 Å². The molecule has 0 spiro atoms. The Hall–Kier alpha value is -2.65. The summed E-state index contributed by atoms with van der Waals surface area (Å²) in [6, 6.07) is 12.1. The van der Waals surface area contributed by atoms with Crippen LogP contribution in [0.25, 0.3) is 0 Å². The SMILES string of the molecule is CCOc1ccc(C(O)c2cc([C@]34OC[C@](C(C)C)(O3)[C@@H](C)[C@H](OC(C)=O)[C@H]4OC(C)=O)ccc2Cl)cc1. The average Bonchev–Trinajstić information content (AvgIpc) is 3.25. The summed E-state index contributed by atoms with van der Waals surface area (Å²) >= 11 is 6.56. The zero-order chi connectivity index (χ0) is 27.8. The molecule has 0 saturated carbocycles. The van der Waals surface area contributed by atoms with Gasteiger partial charge in [0.1, 0.15) is 23.6 Å². The van der Waals surface area contributed by atoms with E-state index in [4.69, 9.17) is 35.3 Å². The number of benzene rings is 2. The summed E-state index contributed by atoms with van der Waals surface area (Å²) in [4.78, 5) is 24.4. The molecule has 206 valence electrons. The summed E-state index contributed by atoms with van der Waals surface area (Å²) in [5, 5.41) is 11.6. The van der Waals surface area contributed by atoms with E-state index in [0.717, 1.165) is 0 Å². The Morgan fingerprint density at radius 2 is 1.76 bits per heavy atom. The van der Waals surface area contributed by atoms with Crippen LogP contribution in [0.4, 0.5) is 0 Å². The lowest BCUT2D eigenvalue weighted by molar-refractivity contribution is -0.324. The molecule has 4 rings (SSSR count). The third-order valence-electron chi connectivity index (χ3n) is 7.56. The van der Waals surface area contributed by atoms with Crippen molar-refractivity contribution in [3.63, 3.8) is 0 Å². The molecule has 0 radical (unpaired) electrons. The van der Waals surface area contributed by atoms with Crippen LogP contribution in [-0.2, 0) is 34.3 Å². The van der Waals surface area contributed by atoms with E-state index >= 15 is 0 Å². The first-order valence-corrected chi connectivity index (χ1v) is 13.2. The number of esters is 2.